The summed E-state index contributed by atoms with van der Waals surface area (Å²) in [7, 11) is 0. The zero-order chi connectivity index (χ0) is 16.6. The fraction of sp³-hybridized carbons (Fsp3) is 0.389. The molecule has 6 heteroatoms. The van der Waals surface area contributed by atoms with E-state index in [0.29, 0.717) is 19.4 Å². The van der Waals surface area contributed by atoms with Crippen molar-refractivity contribution in [2.75, 3.05) is 13.1 Å². The number of hydrogen-bond acceptors (Lipinski definition) is 5. The van der Waals surface area contributed by atoms with Gasteiger partial charge < -0.3 is 5.11 Å². The highest BCUT2D eigenvalue weighted by Gasteiger charge is 2.35. The average Bonchev–Trinajstić information content (AvgIpc) is 3.13. The number of aromatic nitrogens is 4. The van der Waals surface area contributed by atoms with Gasteiger partial charge in [0.1, 0.15) is 11.4 Å². The van der Waals surface area contributed by atoms with E-state index in [2.05, 4.69) is 31.1 Å². The highest BCUT2D eigenvalue weighted by atomic mass is 16.3. The number of nitrogens with zero attached hydrogens (tertiary/aromatic N) is 4. The molecule has 3 heterocycles. The van der Waals surface area contributed by atoms with Gasteiger partial charge in [-0.05, 0) is 31.9 Å². The SMILES string of the molecule is Cc1nc(CN2CCC(O)(c3ccn[nH]3)CC2)nc2ccccc12. The molecule has 1 aromatic carbocycles. The minimum atomic E-state index is -0.798. The molecule has 0 saturated carbocycles. The van der Waals surface area contributed by atoms with Crippen molar-refractivity contribution in [1.82, 2.24) is 25.1 Å². The number of piperidine rings is 1. The molecule has 24 heavy (non-hydrogen) atoms. The summed E-state index contributed by atoms with van der Waals surface area (Å²) < 4.78 is 0. The third-order valence-corrected chi connectivity index (χ3v) is 4.89. The number of H-pyrrole nitrogens is 1. The minimum Gasteiger partial charge on any atom is -0.383 e. The third kappa shape index (κ3) is 2.79. The first-order valence-corrected chi connectivity index (χ1v) is 8.31. The van der Waals surface area contributed by atoms with Crippen LogP contribution in [0.3, 0.4) is 0 Å². The van der Waals surface area contributed by atoms with E-state index in [-0.39, 0.29) is 0 Å². The van der Waals surface area contributed by atoms with Gasteiger partial charge in [-0.3, -0.25) is 10.00 Å². The highest BCUT2D eigenvalue weighted by Crippen LogP contribution is 2.31. The predicted octanol–water partition coefficient (Wildman–Crippen LogP) is 2.14. The van der Waals surface area contributed by atoms with Crippen LogP contribution in [0, 0.1) is 6.92 Å². The lowest BCUT2D eigenvalue weighted by molar-refractivity contribution is -0.0316. The van der Waals surface area contributed by atoms with Crippen molar-refractivity contribution in [1.29, 1.82) is 0 Å². The first-order valence-electron chi connectivity index (χ1n) is 8.31. The Morgan fingerprint density at radius 3 is 2.71 bits per heavy atom. The van der Waals surface area contributed by atoms with Gasteiger partial charge in [0.25, 0.3) is 0 Å². The second-order valence-electron chi connectivity index (χ2n) is 6.52. The molecule has 124 valence electrons. The maximum atomic E-state index is 10.8. The molecule has 0 amide bonds. The summed E-state index contributed by atoms with van der Waals surface area (Å²) in [5.41, 5.74) is 2.01. The first-order chi connectivity index (χ1) is 11.6. The molecule has 0 aliphatic carbocycles. The number of rotatable bonds is 3. The van der Waals surface area contributed by atoms with Crippen molar-refractivity contribution in [2.45, 2.75) is 31.9 Å². The van der Waals surface area contributed by atoms with Crippen LogP contribution in [0.4, 0.5) is 0 Å². The van der Waals surface area contributed by atoms with Crippen molar-refractivity contribution < 1.29 is 5.11 Å². The fourth-order valence-corrected chi connectivity index (χ4v) is 3.43. The predicted molar refractivity (Wildman–Crippen MR) is 91.3 cm³/mol. The summed E-state index contributed by atoms with van der Waals surface area (Å²) >= 11 is 0. The molecular weight excluding hydrogens is 302 g/mol. The van der Waals surface area contributed by atoms with Crippen molar-refractivity contribution in [3.8, 4) is 0 Å². The molecule has 0 unspecified atom stereocenters. The number of aryl methyl sites for hydroxylation is 1. The second-order valence-corrected chi connectivity index (χ2v) is 6.52. The Kier molecular flexibility index (Phi) is 3.78. The summed E-state index contributed by atoms with van der Waals surface area (Å²) in [6, 6.07) is 9.95. The van der Waals surface area contributed by atoms with E-state index in [1.54, 1.807) is 6.20 Å². The van der Waals surface area contributed by atoms with Gasteiger partial charge in [-0.1, -0.05) is 18.2 Å². The van der Waals surface area contributed by atoms with Crippen molar-refractivity contribution in [3.05, 3.63) is 53.7 Å². The zero-order valence-corrected chi connectivity index (χ0v) is 13.7. The van der Waals surface area contributed by atoms with E-state index < -0.39 is 5.60 Å². The zero-order valence-electron chi connectivity index (χ0n) is 13.7. The van der Waals surface area contributed by atoms with E-state index in [4.69, 9.17) is 0 Å². The van der Waals surface area contributed by atoms with Gasteiger partial charge in [-0.25, -0.2) is 9.97 Å². The molecule has 1 aliphatic rings. The van der Waals surface area contributed by atoms with Crippen LogP contribution in [0.5, 0.6) is 0 Å². The van der Waals surface area contributed by atoms with E-state index in [0.717, 1.165) is 41.2 Å². The highest BCUT2D eigenvalue weighted by molar-refractivity contribution is 5.80. The Labute approximate surface area is 140 Å². The number of fused-ring (bicyclic) bond motifs is 1. The molecule has 1 saturated heterocycles. The number of nitrogens with one attached hydrogen (secondary N) is 1. The fourth-order valence-electron chi connectivity index (χ4n) is 3.43. The molecule has 0 bridgehead atoms. The summed E-state index contributed by atoms with van der Waals surface area (Å²) in [4.78, 5) is 11.6. The lowest BCUT2D eigenvalue weighted by Gasteiger charge is -2.37. The maximum absolute atomic E-state index is 10.8. The number of hydrogen-bond donors (Lipinski definition) is 2. The Morgan fingerprint density at radius 1 is 1.17 bits per heavy atom. The smallest absolute Gasteiger partial charge is 0.143 e. The standard InChI is InChI=1S/C18H21N5O/c1-13-14-4-2-3-5-15(14)21-17(20-13)12-23-10-7-18(24,8-11-23)16-6-9-19-22-16/h2-6,9,24H,7-8,10-12H2,1H3,(H,19,22). The maximum Gasteiger partial charge on any atom is 0.143 e. The van der Waals surface area contributed by atoms with Crippen LogP contribution >= 0.6 is 0 Å². The Hall–Kier alpha value is -2.31. The number of para-hydroxylation sites is 1. The van der Waals surface area contributed by atoms with Crippen molar-refractivity contribution >= 4 is 10.9 Å². The normalized spacial score (nSPS) is 18.1. The van der Waals surface area contributed by atoms with Gasteiger partial charge >= 0.3 is 0 Å². The quantitative estimate of drug-likeness (QED) is 0.772. The molecule has 2 N–H and O–H groups in total. The number of benzene rings is 1. The molecule has 0 radical (unpaired) electrons. The third-order valence-electron chi connectivity index (χ3n) is 4.89. The molecule has 0 atom stereocenters. The number of aromatic amines is 1. The van der Waals surface area contributed by atoms with Gasteiger partial charge in [-0.15, -0.1) is 0 Å². The van der Waals surface area contributed by atoms with Crippen LogP contribution in [0.15, 0.2) is 36.5 Å². The van der Waals surface area contributed by atoms with Crippen LogP contribution in [-0.2, 0) is 12.1 Å². The second kappa shape index (κ2) is 5.96. The van der Waals surface area contributed by atoms with Crippen LogP contribution in [-0.4, -0.2) is 43.3 Å². The van der Waals surface area contributed by atoms with Gasteiger partial charge in [0.15, 0.2) is 0 Å². The van der Waals surface area contributed by atoms with Gasteiger partial charge in [0.05, 0.1) is 17.8 Å². The van der Waals surface area contributed by atoms with E-state index in [9.17, 15) is 5.11 Å². The molecular formula is C18H21N5O. The lowest BCUT2D eigenvalue weighted by atomic mass is 9.88. The molecule has 1 aliphatic heterocycles. The van der Waals surface area contributed by atoms with Crippen LogP contribution in [0.2, 0.25) is 0 Å². The topological polar surface area (TPSA) is 77.9 Å². The van der Waals surface area contributed by atoms with Gasteiger partial charge in [0.2, 0.25) is 0 Å². The van der Waals surface area contributed by atoms with Crippen LogP contribution in [0.1, 0.15) is 30.1 Å². The number of aliphatic hydroxyl groups is 1. The van der Waals surface area contributed by atoms with Crippen LogP contribution in [0.25, 0.3) is 10.9 Å². The van der Waals surface area contributed by atoms with E-state index >= 15 is 0 Å². The van der Waals surface area contributed by atoms with E-state index in [1.165, 1.54) is 0 Å². The molecule has 6 nitrogen and oxygen atoms in total. The Morgan fingerprint density at radius 2 is 1.96 bits per heavy atom. The summed E-state index contributed by atoms with van der Waals surface area (Å²) in [6.07, 6.45) is 3.05. The average molecular weight is 323 g/mol. The van der Waals surface area contributed by atoms with Crippen molar-refractivity contribution in [2.24, 2.45) is 0 Å². The van der Waals surface area contributed by atoms with Crippen LogP contribution < -0.4 is 0 Å². The Balaban J connectivity index is 1.48. The molecule has 3 aromatic rings. The monoisotopic (exact) mass is 323 g/mol. The summed E-state index contributed by atoms with van der Waals surface area (Å²) in [5, 5.41) is 18.7. The lowest BCUT2D eigenvalue weighted by Crippen LogP contribution is -2.42. The number of likely N-dealkylation sites (tertiary alicyclic amines) is 1. The molecule has 2 aromatic heterocycles. The summed E-state index contributed by atoms with van der Waals surface area (Å²) in [5.74, 6) is 0.846. The Bertz CT molecular complexity index is 838. The first kappa shape index (κ1) is 15.2. The minimum absolute atomic E-state index is 0.682. The largest absolute Gasteiger partial charge is 0.383 e. The summed E-state index contributed by atoms with van der Waals surface area (Å²) in [6.45, 7) is 4.36. The van der Waals surface area contributed by atoms with E-state index in [1.807, 2.05) is 31.2 Å². The molecule has 1 fully saturated rings. The molecule has 0 spiro atoms. The van der Waals surface area contributed by atoms with Gasteiger partial charge in [0, 0.05) is 30.4 Å². The van der Waals surface area contributed by atoms with Crippen molar-refractivity contribution in [3.63, 3.8) is 0 Å². The molecule has 4 rings (SSSR count). The van der Waals surface area contributed by atoms with Gasteiger partial charge in [-0.2, -0.15) is 5.10 Å².